The van der Waals surface area contributed by atoms with Gasteiger partial charge in [0.05, 0.1) is 12.1 Å². The molecule has 2 heterocycles. The molecule has 1 aromatic carbocycles. The van der Waals surface area contributed by atoms with E-state index in [4.69, 9.17) is 10.3 Å². The molecule has 10 nitrogen and oxygen atoms in total. The number of benzene rings is 1. The SMILES string of the molecule is C[C@@](CCN1Cc2cc(-c3ccc(C(=O)O)cc3F)cn2C1=O)(C(=O)NO)S(C)(=O)=O. The fourth-order valence-corrected chi connectivity index (χ4v) is 4.21. The Bertz CT molecular complexity index is 1190. The zero-order valence-electron chi connectivity index (χ0n) is 16.6. The van der Waals surface area contributed by atoms with Crippen molar-refractivity contribution in [2.45, 2.75) is 24.6 Å². The predicted molar refractivity (Wildman–Crippen MR) is 106 cm³/mol. The molecule has 0 unspecified atom stereocenters. The van der Waals surface area contributed by atoms with Crippen LogP contribution >= 0.6 is 0 Å². The summed E-state index contributed by atoms with van der Waals surface area (Å²) in [6.07, 6.45) is 2.04. The second-order valence-corrected chi connectivity index (χ2v) is 9.93. The molecule has 0 fully saturated rings. The van der Waals surface area contributed by atoms with Crippen LogP contribution in [-0.4, -0.2) is 63.7 Å². The van der Waals surface area contributed by atoms with Gasteiger partial charge in [0.25, 0.3) is 5.91 Å². The van der Waals surface area contributed by atoms with Crippen LogP contribution in [0.2, 0.25) is 0 Å². The van der Waals surface area contributed by atoms with Crippen LogP contribution in [0.1, 0.15) is 29.4 Å². The highest BCUT2D eigenvalue weighted by Gasteiger charge is 2.44. The van der Waals surface area contributed by atoms with Crippen molar-refractivity contribution in [3.05, 3.63) is 47.5 Å². The van der Waals surface area contributed by atoms with Crippen molar-refractivity contribution >= 4 is 27.7 Å². The second-order valence-electron chi connectivity index (χ2n) is 7.49. The second kappa shape index (κ2) is 7.78. The molecular formula is C19H20FN3O7S. The van der Waals surface area contributed by atoms with Crippen molar-refractivity contribution in [1.29, 1.82) is 0 Å². The molecule has 166 valence electrons. The summed E-state index contributed by atoms with van der Waals surface area (Å²) in [5.74, 6) is -3.09. The molecule has 0 spiro atoms. The summed E-state index contributed by atoms with van der Waals surface area (Å²) in [5, 5.41) is 17.8. The number of carboxylic acids is 1. The Morgan fingerprint density at radius 3 is 2.48 bits per heavy atom. The quantitative estimate of drug-likeness (QED) is 0.425. The highest BCUT2D eigenvalue weighted by atomic mass is 32.2. The van der Waals surface area contributed by atoms with Crippen molar-refractivity contribution in [2.24, 2.45) is 0 Å². The summed E-state index contributed by atoms with van der Waals surface area (Å²) in [4.78, 5) is 36.9. The number of hydroxylamine groups is 1. The minimum Gasteiger partial charge on any atom is -0.478 e. The van der Waals surface area contributed by atoms with E-state index in [1.807, 2.05) is 0 Å². The van der Waals surface area contributed by atoms with E-state index in [0.717, 1.165) is 19.2 Å². The van der Waals surface area contributed by atoms with Gasteiger partial charge in [-0.15, -0.1) is 0 Å². The van der Waals surface area contributed by atoms with Crippen molar-refractivity contribution in [3.63, 3.8) is 0 Å². The average Bonchev–Trinajstić information content (AvgIpc) is 3.23. The van der Waals surface area contributed by atoms with E-state index in [-0.39, 0.29) is 30.6 Å². The molecule has 0 aliphatic carbocycles. The predicted octanol–water partition coefficient (Wildman–Crippen LogP) is 1.47. The topological polar surface area (TPSA) is 146 Å². The van der Waals surface area contributed by atoms with Gasteiger partial charge in [-0.25, -0.2) is 27.9 Å². The lowest BCUT2D eigenvalue weighted by molar-refractivity contribution is -0.131. The van der Waals surface area contributed by atoms with Gasteiger partial charge in [0.1, 0.15) is 5.82 Å². The first-order valence-corrected chi connectivity index (χ1v) is 11.0. The first kappa shape index (κ1) is 22.4. The Kier molecular flexibility index (Phi) is 5.63. The van der Waals surface area contributed by atoms with E-state index in [1.54, 1.807) is 6.07 Å². The molecular weight excluding hydrogens is 433 g/mol. The van der Waals surface area contributed by atoms with Crippen LogP contribution in [0.3, 0.4) is 0 Å². The Labute approximate surface area is 176 Å². The molecule has 1 atom stereocenters. The van der Waals surface area contributed by atoms with Gasteiger partial charge in [-0.2, -0.15) is 0 Å². The monoisotopic (exact) mass is 453 g/mol. The molecule has 0 radical (unpaired) electrons. The average molecular weight is 453 g/mol. The lowest BCUT2D eigenvalue weighted by Gasteiger charge is -2.27. The van der Waals surface area contributed by atoms with Crippen molar-refractivity contribution in [2.75, 3.05) is 12.8 Å². The number of nitrogens with zero attached hydrogens (tertiary/aromatic N) is 2. The molecule has 3 rings (SSSR count). The number of carbonyl (C=O) groups excluding carboxylic acids is 2. The molecule has 0 saturated carbocycles. The highest BCUT2D eigenvalue weighted by Crippen LogP contribution is 2.30. The largest absolute Gasteiger partial charge is 0.478 e. The van der Waals surface area contributed by atoms with Gasteiger partial charge in [0.2, 0.25) is 0 Å². The van der Waals surface area contributed by atoms with Crippen LogP contribution < -0.4 is 5.48 Å². The number of aromatic carboxylic acids is 1. The van der Waals surface area contributed by atoms with Gasteiger partial charge < -0.3 is 10.0 Å². The maximum Gasteiger partial charge on any atom is 0.335 e. The van der Waals surface area contributed by atoms with E-state index >= 15 is 0 Å². The molecule has 1 aromatic heterocycles. The van der Waals surface area contributed by atoms with E-state index in [9.17, 15) is 27.2 Å². The van der Waals surface area contributed by atoms with E-state index < -0.39 is 38.3 Å². The standard InChI is InChI=1S/C19H20FN3O7S/c1-19(17(26)21-28,31(2,29)30)5-6-22-10-13-7-12(9-23(13)18(22)27)14-4-3-11(16(24)25)8-15(14)20/h3-4,7-9,28H,5-6,10H2,1-2H3,(H,21,26)(H,24,25)/t19-/m1/s1. The van der Waals surface area contributed by atoms with Gasteiger partial charge in [0.15, 0.2) is 14.6 Å². The van der Waals surface area contributed by atoms with Crippen LogP contribution in [-0.2, 0) is 21.2 Å². The molecule has 2 amide bonds. The summed E-state index contributed by atoms with van der Waals surface area (Å²) >= 11 is 0. The molecule has 1 aliphatic rings. The summed E-state index contributed by atoms with van der Waals surface area (Å²) in [6.45, 7) is 1.19. The smallest absolute Gasteiger partial charge is 0.335 e. The van der Waals surface area contributed by atoms with Crippen LogP contribution in [0.4, 0.5) is 9.18 Å². The number of nitrogens with one attached hydrogen (secondary N) is 1. The number of hydrogen-bond donors (Lipinski definition) is 3. The van der Waals surface area contributed by atoms with Crippen LogP contribution in [0.5, 0.6) is 0 Å². The number of halogens is 1. The number of rotatable bonds is 7. The van der Waals surface area contributed by atoms with Crippen molar-refractivity contribution in [1.82, 2.24) is 14.9 Å². The highest BCUT2D eigenvalue weighted by molar-refractivity contribution is 7.92. The summed E-state index contributed by atoms with van der Waals surface area (Å²) < 4.78 is 37.8. The van der Waals surface area contributed by atoms with Crippen LogP contribution in [0.15, 0.2) is 30.5 Å². The third-order valence-electron chi connectivity index (χ3n) is 5.52. The molecule has 0 bridgehead atoms. The zero-order valence-corrected chi connectivity index (χ0v) is 17.4. The molecule has 0 saturated heterocycles. The molecule has 1 aliphatic heterocycles. The lowest BCUT2D eigenvalue weighted by Crippen LogP contribution is -2.50. The number of fused-ring (bicyclic) bond motifs is 1. The Balaban J connectivity index is 1.79. The Hall–Kier alpha value is -3.25. The van der Waals surface area contributed by atoms with Crippen LogP contribution in [0, 0.1) is 5.82 Å². The maximum atomic E-state index is 14.3. The number of amides is 2. The summed E-state index contributed by atoms with van der Waals surface area (Å²) in [7, 11) is -3.90. The third-order valence-corrected chi connectivity index (χ3v) is 7.54. The van der Waals surface area contributed by atoms with E-state index in [0.29, 0.717) is 11.3 Å². The first-order valence-electron chi connectivity index (χ1n) is 9.07. The number of carboxylic acid groups (broad SMARTS) is 1. The number of sulfone groups is 1. The zero-order chi connectivity index (χ0) is 23.1. The fourth-order valence-electron chi connectivity index (χ4n) is 3.36. The van der Waals surface area contributed by atoms with Crippen LogP contribution in [0.25, 0.3) is 11.1 Å². The van der Waals surface area contributed by atoms with Gasteiger partial charge in [-0.1, -0.05) is 6.07 Å². The number of carbonyl (C=O) groups is 3. The maximum absolute atomic E-state index is 14.3. The third kappa shape index (κ3) is 3.91. The van der Waals surface area contributed by atoms with Gasteiger partial charge in [0, 0.05) is 35.8 Å². The lowest BCUT2D eigenvalue weighted by atomic mass is 10.1. The minimum absolute atomic E-state index is 0.0749. The van der Waals surface area contributed by atoms with Crippen molar-refractivity contribution < 1.29 is 37.5 Å². The van der Waals surface area contributed by atoms with E-state index in [2.05, 4.69) is 0 Å². The van der Waals surface area contributed by atoms with Gasteiger partial charge in [-0.3, -0.25) is 14.6 Å². The molecule has 3 N–H and O–H groups in total. The summed E-state index contributed by atoms with van der Waals surface area (Å²) in [6, 6.07) is 4.57. The summed E-state index contributed by atoms with van der Waals surface area (Å²) in [5.41, 5.74) is 2.20. The first-order chi connectivity index (χ1) is 14.4. The van der Waals surface area contributed by atoms with Gasteiger partial charge >= 0.3 is 12.0 Å². The molecule has 12 heteroatoms. The minimum atomic E-state index is -3.90. The Morgan fingerprint density at radius 1 is 1.29 bits per heavy atom. The number of aromatic nitrogens is 1. The Morgan fingerprint density at radius 2 is 1.97 bits per heavy atom. The number of hydrogen-bond acceptors (Lipinski definition) is 6. The van der Waals surface area contributed by atoms with Crippen molar-refractivity contribution in [3.8, 4) is 11.1 Å². The normalized spacial score (nSPS) is 15.5. The van der Waals surface area contributed by atoms with Gasteiger partial charge in [-0.05, 0) is 31.5 Å². The molecule has 2 aromatic rings. The molecule has 31 heavy (non-hydrogen) atoms. The fraction of sp³-hybridized carbons (Fsp3) is 0.316. The van der Waals surface area contributed by atoms with E-state index in [1.165, 1.54) is 33.3 Å².